The molecule has 2 heterocycles. The third-order valence-electron chi connectivity index (χ3n) is 3.96. The summed E-state index contributed by atoms with van der Waals surface area (Å²) in [6, 6.07) is 6.03. The number of aromatic nitrogens is 3. The molecule has 0 atom stereocenters. The lowest BCUT2D eigenvalue weighted by Gasteiger charge is -2.07. The number of fused-ring (bicyclic) bond motifs is 1. The normalized spacial score (nSPS) is 14.9. The molecule has 5 heteroatoms. The molecule has 1 aromatic carbocycles. The van der Waals surface area contributed by atoms with Gasteiger partial charge >= 0.3 is 0 Å². The van der Waals surface area contributed by atoms with E-state index in [1.807, 2.05) is 19.1 Å². The van der Waals surface area contributed by atoms with Gasteiger partial charge in [-0.25, -0.2) is 9.97 Å². The number of nitrogens with zero attached hydrogens (tertiary/aromatic N) is 3. The van der Waals surface area contributed by atoms with E-state index in [0.29, 0.717) is 5.92 Å². The van der Waals surface area contributed by atoms with Crippen LogP contribution in [0.25, 0.3) is 11.0 Å². The summed E-state index contributed by atoms with van der Waals surface area (Å²) in [7, 11) is 0. The lowest BCUT2D eigenvalue weighted by atomic mass is 10.3. The van der Waals surface area contributed by atoms with Crippen molar-refractivity contribution in [2.45, 2.75) is 38.6 Å². The topological polar surface area (TPSA) is 56.7 Å². The van der Waals surface area contributed by atoms with Crippen molar-refractivity contribution in [2.75, 3.05) is 5.73 Å². The zero-order chi connectivity index (χ0) is 14.4. The van der Waals surface area contributed by atoms with Crippen molar-refractivity contribution in [3.8, 4) is 0 Å². The number of hydrogen-bond donors (Lipinski definition) is 1. The predicted molar refractivity (Wildman–Crippen MR) is 86.7 cm³/mol. The van der Waals surface area contributed by atoms with Gasteiger partial charge in [-0.2, -0.15) is 0 Å². The summed E-state index contributed by atoms with van der Waals surface area (Å²) in [4.78, 5) is 9.38. The molecule has 0 spiro atoms. The average Bonchev–Trinajstić information content (AvgIpc) is 3.13. The van der Waals surface area contributed by atoms with E-state index in [1.165, 1.54) is 29.2 Å². The summed E-state index contributed by atoms with van der Waals surface area (Å²) in [6.07, 6.45) is 3.48. The van der Waals surface area contributed by atoms with Crippen LogP contribution in [-0.2, 0) is 13.0 Å². The van der Waals surface area contributed by atoms with Crippen LogP contribution in [0.3, 0.4) is 0 Å². The molecule has 0 amide bonds. The fourth-order valence-corrected chi connectivity index (χ4v) is 3.54. The van der Waals surface area contributed by atoms with E-state index in [1.54, 1.807) is 11.3 Å². The van der Waals surface area contributed by atoms with E-state index < -0.39 is 0 Å². The Bertz CT molecular complexity index is 798. The molecule has 0 unspecified atom stereocenters. The molecule has 1 aliphatic rings. The molecular weight excluding hydrogens is 280 g/mol. The minimum atomic E-state index is 0.636. The van der Waals surface area contributed by atoms with Crippen LogP contribution < -0.4 is 5.73 Å². The van der Waals surface area contributed by atoms with Gasteiger partial charge in [0.15, 0.2) is 0 Å². The van der Waals surface area contributed by atoms with Crippen LogP contribution >= 0.6 is 11.3 Å². The van der Waals surface area contributed by atoms with E-state index >= 15 is 0 Å². The van der Waals surface area contributed by atoms with Gasteiger partial charge in [-0.1, -0.05) is 0 Å². The average molecular weight is 298 g/mol. The minimum Gasteiger partial charge on any atom is -0.399 e. The smallest absolute Gasteiger partial charge is 0.113 e. The van der Waals surface area contributed by atoms with E-state index in [4.69, 9.17) is 10.7 Å². The van der Waals surface area contributed by atoms with E-state index in [9.17, 15) is 0 Å². The third-order valence-corrected chi connectivity index (χ3v) is 4.99. The summed E-state index contributed by atoms with van der Waals surface area (Å²) in [6.45, 7) is 2.99. The first kappa shape index (κ1) is 12.8. The zero-order valence-corrected chi connectivity index (χ0v) is 12.9. The van der Waals surface area contributed by atoms with Gasteiger partial charge in [-0.05, 0) is 38.0 Å². The van der Waals surface area contributed by atoms with Gasteiger partial charge in [0.1, 0.15) is 5.82 Å². The maximum Gasteiger partial charge on any atom is 0.113 e. The number of anilines is 1. The van der Waals surface area contributed by atoms with Crippen LogP contribution in [0.15, 0.2) is 23.6 Å². The molecular formula is C16H18N4S. The number of thiazole rings is 1. The molecule has 4 nitrogen and oxygen atoms in total. The lowest BCUT2D eigenvalue weighted by molar-refractivity contribution is 0.667. The van der Waals surface area contributed by atoms with Crippen molar-refractivity contribution in [3.05, 3.63) is 40.1 Å². The molecule has 108 valence electrons. The largest absolute Gasteiger partial charge is 0.399 e. The Morgan fingerprint density at radius 3 is 2.90 bits per heavy atom. The van der Waals surface area contributed by atoms with Crippen molar-refractivity contribution in [1.29, 1.82) is 0 Å². The van der Waals surface area contributed by atoms with Gasteiger partial charge in [0, 0.05) is 35.6 Å². The van der Waals surface area contributed by atoms with Gasteiger partial charge in [0.25, 0.3) is 0 Å². The fourth-order valence-electron chi connectivity index (χ4n) is 2.78. The SMILES string of the molecule is Cc1csc(CCn2c(C3CC3)nc3cc(N)ccc32)n1. The molecule has 1 saturated carbocycles. The van der Waals surface area contributed by atoms with Crippen LogP contribution in [-0.4, -0.2) is 14.5 Å². The summed E-state index contributed by atoms with van der Waals surface area (Å²) in [5.74, 6) is 1.86. The maximum atomic E-state index is 5.89. The van der Waals surface area contributed by atoms with Crippen molar-refractivity contribution >= 4 is 28.1 Å². The minimum absolute atomic E-state index is 0.636. The molecule has 2 N–H and O–H groups in total. The Balaban J connectivity index is 1.70. The first-order chi connectivity index (χ1) is 10.2. The van der Waals surface area contributed by atoms with Crippen LogP contribution in [0.5, 0.6) is 0 Å². The highest BCUT2D eigenvalue weighted by molar-refractivity contribution is 7.09. The number of rotatable bonds is 4. The van der Waals surface area contributed by atoms with E-state index in [-0.39, 0.29) is 0 Å². The van der Waals surface area contributed by atoms with Crippen molar-refractivity contribution in [2.24, 2.45) is 0 Å². The Kier molecular flexibility index (Phi) is 2.96. The summed E-state index contributed by atoms with van der Waals surface area (Å²) < 4.78 is 2.36. The van der Waals surface area contributed by atoms with Gasteiger partial charge in [0.05, 0.1) is 16.0 Å². The first-order valence-electron chi connectivity index (χ1n) is 7.37. The number of imidazole rings is 1. The molecule has 1 fully saturated rings. The Morgan fingerprint density at radius 1 is 1.33 bits per heavy atom. The van der Waals surface area contributed by atoms with Crippen molar-refractivity contribution < 1.29 is 0 Å². The van der Waals surface area contributed by atoms with Crippen LogP contribution in [0, 0.1) is 6.92 Å². The Morgan fingerprint density at radius 2 is 2.19 bits per heavy atom. The molecule has 1 aliphatic carbocycles. The number of benzene rings is 1. The third kappa shape index (κ3) is 2.42. The molecule has 0 radical (unpaired) electrons. The molecule has 0 saturated heterocycles. The number of nitrogens with two attached hydrogens (primary N) is 1. The van der Waals surface area contributed by atoms with Crippen molar-refractivity contribution in [3.63, 3.8) is 0 Å². The Labute approximate surface area is 127 Å². The quantitative estimate of drug-likeness (QED) is 0.750. The first-order valence-corrected chi connectivity index (χ1v) is 8.25. The summed E-state index contributed by atoms with van der Waals surface area (Å²) in [5, 5.41) is 3.32. The molecule has 0 bridgehead atoms. The van der Waals surface area contributed by atoms with E-state index in [0.717, 1.165) is 29.9 Å². The monoisotopic (exact) mass is 298 g/mol. The predicted octanol–water partition coefficient (Wildman–Crippen LogP) is 3.50. The molecule has 4 rings (SSSR count). The lowest BCUT2D eigenvalue weighted by Crippen LogP contribution is -2.05. The molecule has 0 aliphatic heterocycles. The van der Waals surface area contributed by atoms with Crippen molar-refractivity contribution in [1.82, 2.24) is 14.5 Å². The second kappa shape index (κ2) is 4.84. The van der Waals surface area contributed by atoms with Crippen LogP contribution in [0.2, 0.25) is 0 Å². The van der Waals surface area contributed by atoms with Crippen LogP contribution in [0.4, 0.5) is 5.69 Å². The summed E-state index contributed by atoms with van der Waals surface area (Å²) >= 11 is 1.74. The van der Waals surface area contributed by atoms with Gasteiger partial charge < -0.3 is 10.3 Å². The van der Waals surface area contributed by atoms with E-state index in [2.05, 4.69) is 21.0 Å². The number of aryl methyl sites for hydroxylation is 3. The highest BCUT2D eigenvalue weighted by Gasteiger charge is 2.29. The second-order valence-corrected chi connectivity index (χ2v) is 6.72. The second-order valence-electron chi connectivity index (χ2n) is 5.78. The zero-order valence-electron chi connectivity index (χ0n) is 12.0. The van der Waals surface area contributed by atoms with Crippen LogP contribution in [0.1, 0.15) is 35.3 Å². The highest BCUT2D eigenvalue weighted by atomic mass is 32.1. The molecule has 2 aromatic heterocycles. The Hall–Kier alpha value is -1.88. The summed E-state index contributed by atoms with van der Waals surface area (Å²) in [5.41, 5.74) is 9.99. The standard InChI is InChI=1S/C16H18N4S/c1-10-9-21-15(18-10)6-7-20-14-5-4-12(17)8-13(14)19-16(20)11-2-3-11/h4-5,8-9,11H,2-3,6-7,17H2,1H3. The van der Waals surface area contributed by atoms with Gasteiger partial charge in [-0.15, -0.1) is 11.3 Å². The van der Waals surface area contributed by atoms with Gasteiger partial charge in [0.2, 0.25) is 0 Å². The number of hydrogen-bond acceptors (Lipinski definition) is 4. The number of nitrogen functional groups attached to an aromatic ring is 1. The molecule has 3 aromatic rings. The van der Waals surface area contributed by atoms with Gasteiger partial charge in [-0.3, -0.25) is 0 Å². The highest BCUT2D eigenvalue weighted by Crippen LogP contribution is 2.41. The molecule has 21 heavy (non-hydrogen) atoms. The maximum absolute atomic E-state index is 5.89. The fraction of sp³-hybridized carbons (Fsp3) is 0.375.